The number of aromatic amines is 1. The van der Waals surface area contributed by atoms with Gasteiger partial charge >= 0.3 is 0 Å². The first kappa shape index (κ1) is 8.91. The van der Waals surface area contributed by atoms with Gasteiger partial charge in [0.05, 0.1) is 23.1 Å². The van der Waals surface area contributed by atoms with Gasteiger partial charge in [0.1, 0.15) is 0 Å². The van der Waals surface area contributed by atoms with E-state index in [2.05, 4.69) is 20.5 Å². The number of para-hydroxylation sites is 1. The Bertz CT molecular complexity index is 604. The predicted octanol–water partition coefficient (Wildman–Crippen LogP) is 1.94. The van der Waals surface area contributed by atoms with Crippen molar-refractivity contribution in [1.29, 1.82) is 0 Å². The molecule has 4 nitrogen and oxygen atoms in total. The van der Waals surface area contributed by atoms with Gasteiger partial charge in [-0.1, -0.05) is 18.2 Å². The first-order valence-electron chi connectivity index (χ1n) is 5.04. The average Bonchev–Trinajstić information content (AvgIpc) is 2.63. The molecule has 0 saturated carbocycles. The van der Waals surface area contributed by atoms with Crippen LogP contribution in [0.2, 0.25) is 0 Å². The number of imidazole rings is 1. The van der Waals surface area contributed by atoms with Crippen LogP contribution in [-0.4, -0.2) is 15.7 Å². The SMILES string of the molecule is C1=CNN=C(c2cccc3[nH]cnc23)C=C1. The highest BCUT2D eigenvalue weighted by molar-refractivity contribution is 6.15. The Hall–Kier alpha value is -2.36. The molecule has 2 heterocycles. The predicted molar refractivity (Wildman–Crippen MR) is 64.0 cm³/mol. The van der Waals surface area contributed by atoms with Crippen LogP contribution in [0, 0.1) is 0 Å². The molecule has 2 aromatic rings. The summed E-state index contributed by atoms with van der Waals surface area (Å²) < 4.78 is 0. The van der Waals surface area contributed by atoms with Crippen molar-refractivity contribution in [2.45, 2.75) is 0 Å². The van der Waals surface area contributed by atoms with Crippen LogP contribution >= 0.6 is 0 Å². The van der Waals surface area contributed by atoms with Crippen molar-refractivity contribution in [3.8, 4) is 0 Å². The summed E-state index contributed by atoms with van der Waals surface area (Å²) in [6.07, 6.45) is 9.29. The van der Waals surface area contributed by atoms with Crippen LogP contribution in [0.4, 0.5) is 0 Å². The van der Waals surface area contributed by atoms with Crippen molar-refractivity contribution in [2.24, 2.45) is 5.10 Å². The molecule has 0 bridgehead atoms. The van der Waals surface area contributed by atoms with E-state index in [4.69, 9.17) is 0 Å². The standard InChI is InChI=1S/C12H10N4/c1-2-7-15-16-10(5-1)9-4-3-6-11-12(9)14-8-13-11/h1-8,15H,(H,13,14). The minimum Gasteiger partial charge on any atom is -0.345 e. The van der Waals surface area contributed by atoms with Crippen LogP contribution in [0.25, 0.3) is 11.0 Å². The summed E-state index contributed by atoms with van der Waals surface area (Å²) in [6, 6.07) is 6.00. The molecule has 1 aliphatic rings. The molecule has 0 radical (unpaired) electrons. The number of rotatable bonds is 1. The van der Waals surface area contributed by atoms with E-state index in [0.29, 0.717) is 0 Å². The Morgan fingerprint density at radius 2 is 2.12 bits per heavy atom. The van der Waals surface area contributed by atoms with Gasteiger partial charge in [0.2, 0.25) is 0 Å². The Balaban J connectivity index is 2.18. The highest BCUT2D eigenvalue weighted by atomic mass is 15.3. The van der Waals surface area contributed by atoms with Crippen LogP contribution in [0.5, 0.6) is 0 Å². The number of hydrazone groups is 1. The number of H-pyrrole nitrogens is 1. The molecular formula is C12H10N4. The molecule has 16 heavy (non-hydrogen) atoms. The number of hydrogen-bond acceptors (Lipinski definition) is 3. The second kappa shape index (κ2) is 3.66. The van der Waals surface area contributed by atoms with Crippen LogP contribution in [0.3, 0.4) is 0 Å². The summed E-state index contributed by atoms with van der Waals surface area (Å²) in [7, 11) is 0. The van der Waals surface area contributed by atoms with Crippen LogP contribution in [0.15, 0.2) is 54.1 Å². The summed E-state index contributed by atoms with van der Waals surface area (Å²) in [5.41, 5.74) is 6.72. The van der Waals surface area contributed by atoms with Gasteiger partial charge in [-0.05, 0) is 18.2 Å². The Morgan fingerprint density at radius 3 is 3.12 bits per heavy atom. The molecule has 78 valence electrons. The fraction of sp³-hybridized carbons (Fsp3) is 0. The Morgan fingerprint density at radius 1 is 1.12 bits per heavy atom. The Labute approximate surface area is 92.4 Å². The van der Waals surface area contributed by atoms with Gasteiger partial charge in [0, 0.05) is 11.8 Å². The molecule has 0 aliphatic carbocycles. The van der Waals surface area contributed by atoms with E-state index >= 15 is 0 Å². The van der Waals surface area contributed by atoms with Gasteiger partial charge in [-0.15, -0.1) is 0 Å². The number of allylic oxidation sites excluding steroid dienone is 3. The van der Waals surface area contributed by atoms with Gasteiger partial charge in [-0.2, -0.15) is 5.10 Å². The first-order chi connectivity index (χ1) is 7.95. The lowest BCUT2D eigenvalue weighted by atomic mass is 10.1. The van der Waals surface area contributed by atoms with E-state index in [1.54, 1.807) is 12.5 Å². The number of nitrogens with zero attached hydrogens (tertiary/aromatic N) is 2. The van der Waals surface area contributed by atoms with E-state index in [-0.39, 0.29) is 0 Å². The summed E-state index contributed by atoms with van der Waals surface area (Å²) in [5.74, 6) is 0. The summed E-state index contributed by atoms with van der Waals surface area (Å²) in [5, 5.41) is 4.26. The molecular weight excluding hydrogens is 200 g/mol. The first-order valence-corrected chi connectivity index (χ1v) is 5.04. The van der Waals surface area contributed by atoms with Crippen molar-refractivity contribution >= 4 is 16.7 Å². The quantitative estimate of drug-likeness (QED) is 0.755. The fourth-order valence-electron chi connectivity index (χ4n) is 1.71. The largest absolute Gasteiger partial charge is 0.345 e. The van der Waals surface area contributed by atoms with Gasteiger partial charge in [-0.3, -0.25) is 5.43 Å². The van der Waals surface area contributed by atoms with E-state index in [1.807, 2.05) is 36.4 Å². The third-order valence-electron chi connectivity index (χ3n) is 2.45. The molecule has 1 aromatic carbocycles. The number of aromatic nitrogens is 2. The molecule has 0 unspecified atom stereocenters. The molecule has 4 heteroatoms. The van der Waals surface area contributed by atoms with E-state index in [9.17, 15) is 0 Å². The van der Waals surface area contributed by atoms with Gasteiger partial charge < -0.3 is 4.98 Å². The zero-order valence-corrected chi connectivity index (χ0v) is 8.51. The van der Waals surface area contributed by atoms with Gasteiger partial charge in [-0.25, -0.2) is 4.98 Å². The third kappa shape index (κ3) is 1.40. The van der Waals surface area contributed by atoms with Crippen molar-refractivity contribution in [2.75, 3.05) is 0 Å². The number of benzene rings is 1. The topological polar surface area (TPSA) is 53.1 Å². The van der Waals surface area contributed by atoms with Crippen molar-refractivity contribution in [1.82, 2.24) is 15.4 Å². The van der Waals surface area contributed by atoms with Crippen LogP contribution in [0.1, 0.15) is 5.56 Å². The summed E-state index contributed by atoms with van der Waals surface area (Å²) in [4.78, 5) is 7.39. The summed E-state index contributed by atoms with van der Waals surface area (Å²) in [6.45, 7) is 0. The van der Waals surface area contributed by atoms with Crippen LogP contribution < -0.4 is 5.43 Å². The molecule has 0 amide bonds. The highest BCUT2D eigenvalue weighted by Crippen LogP contribution is 2.16. The molecule has 3 rings (SSSR count). The average molecular weight is 210 g/mol. The maximum atomic E-state index is 4.31. The molecule has 0 saturated heterocycles. The minimum absolute atomic E-state index is 0.878. The lowest BCUT2D eigenvalue weighted by Crippen LogP contribution is -2.03. The number of nitrogens with one attached hydrogen (secondary N) is 2. The second-order valence-corrected chi connectivity index (χ2v) is 3.45. The molecule has 0 atom stereocenters. The molecule has 1 aromatic heterocycles. The highest BCUT2D eigenvalue weighted by Gasteiger charge is 2.07. The van der Waals surface area contributed by atoms with Crippen molar-refractivity contribution in [3.05, 3.63) is 54.5 Å². The number of hydrogen-bond donors (Lipinski definition) is 2. The summed E-state index contributed by atoms with van der Waals surface area (Å²) >= 11 is 0. The maximum absolute atomic E-state index is 4.31. The smallest absolute Gasteiger partial charge is 0.0977 e. The van der Waals surface area contributed by atoms with Gasteiger partial charge in [0.25, 0.3) is 0 Å². The lowest BCUT2D eigenvalue weighted by molar-refractivity contribution is 0.973. The lowest BCUT2D eigenvalue weighted by Gasteiger charge is -2.01. The monoisotopic (exact) mass is 210 g/mol. The zero-order chi connectivity index (χ0) is 10.8. The van der Waals surface area contributed by atoms with E-state index in [0.717, 1.165) is 22.3 Å². The van der Waals surface area contributed by atoms with Gasteiger partial charge in [0.15, 0.2) is 0 Å². The maximum Gasteiger partial charge on any atom is 0.0977 e. The van der Waals surface area contributed by atoms with Crippen molar-refractivity contribution < 1.29 is 0 Å². The molecule has 2 N–H and O–H groups in total. The zero-order valence-electron chi connectivity index (χ0n) is 8.51. The van der Waals surface area contributed by atoms with E-state index in [1.165, 1.54) is 0 Å². The minimum atomic E-state index is 0.878. The third-order valence-corrected chi connectivity index (χ3v) is 2.45. The van der Waals surface area contributed by atoms with E-state index < -0.39 is 0 Å². The molecule has 0 spiro atoms. The second-order valence-electron chi connectivity index (χ2n) is 3.45. The van der Waals surface area contributed by atoms with Crippen molar-refractivity contribution in [3.63, 3.8) is 0 Å². The Kier molecular flexibility index (Phi) is 2.04. The number of fused-ring (bicyclic) bond motifs is 1. The molecule has 0 fully saturated rings. The molecule has 1 aliphatic heterocycles. The van der Waals surface area contributed by atoms with Crippen LogP contribution in [-0.2, 0) is 0 Å². The normalized spacial score (nSPS) is 14.6. The fourth-order valence-corrected chi connectivity index (χ4v) is 1.71.